The first kappa shape index (κ1) is 18.3. The first-order valence-corrected chi connectivity index (χ1v) is 9.08. The molecule has 0 bridgehead atoms. The summed E-state index contributed by atoms with van der Waals surface area (Å²) in [6.07, 6.45) is 0. The Morgan fingerprint density at radius 2 is 1.71 bits per heavy atom. The maximum absolute atomic E-state index is 14.2. The number of anilines is 1. The van der Waals surface area contributed by atoms with Crippen molar-refractivity contribution < 1.29 is 17.5 Å². The van der Waals surface area contributed by atoms with E-state index >= 15 is 0 Å². The number of sulfonamides is 1. The van der Waals surface area contributed by atoms with Gasteiger partial charge in [-0.1, -0.05) is 44.5 Å². The third kappa shape index (κ3) is 4.71. The molecule has 0 saturated heterocycles. The highest BCUT2D eigenvalue weighted by atomic mass is 32.2. The van der Waals surface area contributed by atoms with Crippen LogP contribution in [0.4, 0.5) is 10.1 Å². The summed E-state index contributed by atoms with van der Waals surface area (Å²) >= 11 is 0. The number of benzene rings is 2. The second-order valence-corrected chi connectivity index (χ2v) is 8.56. The second-order valence-electron chi connectivity index (χ2n) is 6.88. The van der Waals surface area contributed by atoms with E-state index in [1.54, 1.807) is 18.2 Å². The highest BCUT2D eigenvalue weighted by molar-refractivity contribution is 7.92. The van der Waals surface area contributed by atoms with Crippen molar-refractivity contribution in [2.75, 3.05) is 11.3 Å². The first-order chi connectivity index (χ1) is 11.1. The summed E-state index contributed by atoms with van der Waals surface area (Å²) in [6, 6.07) is 10.6. The summed E-state index contributed by atoms with van der Waals surface area (Å²) in [5, 5.41) is 0. The van der Waals surface area contributed by atoms with E-state index in [0.717, 1.165) is 5.56 Å². The van der Waals surface area contributed by atoms with Crippen LogP contribution in [0.1, 0.15) is 26.3 Å². The van der Waals surface area contributed by atoms with Gasteiger partial charge in [-0.3, -0.25) is 4.72 Å². The second kappa shape index (κ2) is 6.81. The smallest absolute Gasteiger partial charge is 0.262 e. The van der Waals surface area contributed by atoms with Gasteiger partial charge in [0.1, 0.15) is 11.4 Å². The van der Waals surface area contributed by atoms with Gasteiger partial charge in [-0.2, -0.15) is 0 Å². The highest BCUT2D eigenvalue weighted by Crippen LogP contribution is 2.31. The summed E-state index contributed by atoms with van der Waals surface area (Å²) in [6.45, 7) is 8.11. The van der Waals surface area contributed by atoms with Gasteiger partial charge >= 0.3 is 0 Å². The molecule has 0 fully saturated rings. The largest absolute Gasteiger partial charge is 0.491 e. The molecule has 0 aliphatic carbocycles. The Morgan fingerprint density at radius 3 is 2.29 bits per heavy atom. The fraction of sp³-hybridized carbons (Fsp3) is 0.333. The normalized spacial score (nSPS) is 12.0. The molecule has 0 spiro atoms. The van der Waals surface area contributed by atoms with E-state index in [-0.39, 0.29) is 21.7 Å². The van der Waals surface area contributed by atoms with Crippen molar-refractivity contribution in [1.29, 1.82) is 0 Å². The van der Waals surface area contributed by atoms with Crippen LogP contribution >= 0.6 is 0 Å². The Labute approximate surface area is 142 Å². The molecule has 0 aromatic heterocycles. The average Bonchev–Trinajstić information content (AvgIpc) is 2.47. The van der Waals surface area contributed by atoms with Gasteiger partial charge in [0.05, 0.1) is 11.5 Å². The Bertz CT molecular complexity index is 809. The number of nitrogens with one attached hydrogen (secondary N) is 1. The average molecular weight is 351 g/mol. The minimum absolute atomic E-state index is 0.0677. The van der Waals surface area contributed by atoms with Gasteiger partial charge in [0.15, 0.2) is 5.82 Å². The molecule has 2 rings (SSSR count). The van der Waals surface area contributed by atoms with Crippen molar-refractivity contribution in [3.05, 3.63) is 53.8 Å². The Hall–Kier alpha value is -2.08. The zero-order valence-electron chi connectivity index (χ0n) is 14.3. The molecule has 0 saturated carbocycles. The fourth-order valence-electron chi connectivity index (χ4n) is 1.93. The number of ether oxygens (including phenoxy) is 1. The number of rotatable bonds is 5. The third-order valence-electron chi connectivity index (χ3n) is 3.20. The number of halogens is 1. The highest BCUT2D eigenvalue weighted by Gasteiger charge is 2.20. The lowest BCUT2D eigenvalue weighted by Crippen LogP contribution is -2.19. The molecule has 1 N–H and O–H groups in total. The molecule has 0 amide bonds. The molecule has 4 nitrogen and oxygen atoms in total. The predicted octanol–water partition coefficient (Wildman–Crippen LogP) is 4.36. The lowest BCUT2D eigenvalue weighted by molar-refractivity contribution is 0.198. The molecule has 0 radical (unpaired) electrons. The van der Waals surface area contributed by atoms with Gasteiger partial charge in [0.2, 0.25) is 0 Å². The van der Waals surface area contributed by atoms with Gasteiger partial charge in [-0.05, 0) is 36.6 Å². The molecule has 6 heteroatoms. The van der Waals surface area contributed by atoms with E-state index in [1.165, 1.54) is 24.3 Å². The van der Waals surface area contributed by atoms with E-state index in [4.69, 9.17) is 4.74 Å². The van der Waals surface area contributed by atoms with Crippen LogP contribution in [0.3, 0.4) is 0 Å². The zero-order chi connectivity index (χ0) is 18.0. The maximum Gasteiger partial charge on any atom is 0.262 e. The summed E-state index contributed by atoms with van der Waals surface area (Å²) in [4.78, 5) is 0.0677. The monoisotopic (exact) mass is 351 g/mol. The van der Waals surface area contributed by atoms with Gasteiger partial charge in [-0.25, -0.2) is 12.8 Å². The van der Waals surface area contributed by atoms with Crippen LogP contribution in [0.25, 0.3) is 0 Å². The topological polar surface area (TPSA) is 55.4 Å². The molecule has 2 aromatic carbocycles. The van der Waals surface area contributed by atoms with Gasteiger partial charge < -0.3 is 4.74 Å². The molecular weight excluding hydrogens is 329 g/mol. The van der Waals surface area contributed by atoms with Crippen molar-refractivity contribution in [2.45, 2.75) is 32.6 Å². The van der Waals surface area contributed by atoms with Crippen LogP contribution in [-0.2, 0) is 10.0 Å². The van der Waals surface area contributed by atoms with Crippen LogP contribution in [0.2, 0.25) is 0 Å². The summed E-state index contributed by atoms with van der Waals surface area (Å²) in [5.74, 6) is -0.516. The standard InChI is InChI=1S/C18H22FNO3S/c1-13-8-10-14(11-9-13)24(21,22)20-17-15(19)6-5-7-16(17)23-12-18(2,3)4/h5-11,20H,12H2,1-4H3. The van der Waals surface area contributed by atoms with Gasteiger partial charge in [0, 0.05) is 0 Å². The Kier molecular flexibility index (Phi) is 5.18. The van der Waals surface area contributed by atoms with Crippen LogP contribution in [0.15, 0.2) is 47.4 Å². The van der Waals surface area contributed by atoms with Crippen molar-refractivity contribution >= 4 is 15.7 Å². The van der Waals surface area contributed by atoms with E-state index in [2.05, 4.69) is 4.72 Å². The van der Waals surface area contributed by atoms with Gasteiger partial charge in [-0.15, -0.1) is 0 Å². The fourth-order valence-corrected chi connectivity index (χ4v) is 3.01. The molecule has 130 valence electrons. The van der Waals surface area contributed by atoms with Gasteiger partial charge in [0.25, 0.3) is 10.0 Å². The summed E-state index contributed by atoms with van der Waals surface area (Å²) < 4.78 is 47.1. The molecule has 2 aromatic rings. The zero-order valence-corrected chi connectivity index (χ0v) is 15.1. The van der Waals surface area contributed by atoms with Crippen molar-refractivity contribution in [3.8, 4) is 5.75 Å². The van der Waals surface area contributed by atoms with Crippen LogP contribution in [0.5, 0.6) is 5.75 Å². The molecule has 0 unspecified atom stereocenters. The number of para-hydroxylation sites is 1. The number of hydrogen-bond acceptors (Lipinski definition) is 3. The SMILES string of the molecule is Cc1ccc(S(=O)(=O)Nc2c(F)cccc2OCC(C)(C)C)cc1. The van der Waals surface area contributed by atoms with E-state index < -0.39 is 15.8 Å². The summed E-state index contributed by atoms with van der Waals surface area (Å²) in [7, 11) is -3.90. The van der Waals surface area contributed by atoms with Crippen LogP contribution in [0, 0.1) is 18.2 Å². The molecule has 0 heterocycles. The van der Waals surface area contributed by atoms with Crippen molar-refractivity contribution in [1.82, 2.24) is 0 Å². The van der Waals surface area contributed by atoms with E-state index in [1.807, 2.05) is 27.7 Å². The molecular formula is C18H22FNO3S. The van der Waals surface area contributed by atoms with E-state index in [0.29, 0.717) is 6.61 Å². The molecule has 0 atom stereocenters. The quantitative estimate of drug-likeness (QED) is 0.871. The predicted molar refractivity (Wildman–Crippen MR) is 93.3 cm³/mol. The third-order valence-corrected chi connectivity index (χ3v) is 4.57. The number of aryl methyl sites for hydroxylation is 1. The molecule has 24 heavy (non-hydrogen) atoms. The molecule has 0 aliphatic heterocycles. The first-order valence-electron chi connectivity index (χ1n) is 7.59. The van der Waals surface area contributed by atoms with E-state index in [9.17, 15) is 12.8 Å². The number of hydrogen-bond donors (Lipinski definition) is 1. The minimum atomic E-state index is -3.90. The van der Waals surface area contributed by atoms with Crippen molar-refractivity contribution in [2.24, 2.45) is 5.41 Å². The Balaban J connectivity index is 2.33. The molecule has 0 aliphatic rings. The summed E-state index contributed by atoms with van der Waals surface area (Å²) in [5.41, 5.74) is 0.621. The Morgan fingerprint density at radius 1 is 1.08 bits per heavy atom. The van der Waals surface area contributed by atoms with Crippen LogP contribution in [-0.4, -0.2) is 15.0 Å². The lowest BCUT2D eigenvalue weighted by Gasteiger charge is -2.21. The lowest BCUT2D eigenvalue weighted by atomic mass is 9.99. The van der Waals surface area contributed by atoms with Crippen LogP contribution < -0.4 is 9.46 Å². The maximum atomic E-state index is 14.2. The van der Waals surface area contributed by atoms with Crippen molar-refractivity contribution in [3.63, 3.8) is 0 Å². The minimum Gasteiger partial charge on any atom is -0.491 e.